The van der Waals surface area contributed by atoms with E-state index in [1.54, 1.807) is 0 Å². The van der Waals surface area contributed by atoms with Crippen molar-refractivity contribution in [3.8, 4) is 0 Å². The van der Waals surface area contributed by atoms with Crippen molar-refractivity contribution in [3.63, 3.8) is 0 Å². The van der Waals surface area contributed by atoms with Gasteiger partial charge in [-0.25, -0.2) is 0 Å². The summed E-state index contributed by atoms with van der Waals surface area (Å²) in [6.07, 6.45) is 3.20. The van der Waals surface area contributed by atoms with Gasteiger partial charge in [0.2, 0.25) is 0 Å². The van der Waals surface area contributed by atoms with Crippen LogP contribution in [-0.4, -0.2) is 41.8 Å². The van der Waals surface area contributed by atoms with E-state index >= 15 is 0 Å². The van der Waals surface area contributed by atoms with E-state index in [9.17, 15) is 9.90 Å². The van der Waals surface area contributed by atoms with Crippen LogP contribution in [0.1, 0.15) is 36.9 Å². The summed E-state index contributed by atoms with van der Waals surface area (Å²) in [5.74, 6) is -1.13. The molecular formula is C17H23NO3. The monoisotopic (exact) mass is 289 g/mol. The van der Waals surface area contributed by atoms with Crippen LogP contribution in [0.4, 0.5) is 0 Å². The van der Waals surface area contributed by atoms with Gasteiger partial charge < -0.3 is 9.84 Å². The second-order valence-corrected chi connectivity index (χ2v) is 6.04. The highest BCUT2D eigenvalue weighted by Crippen LogP contribution is 2.38. The molecule has 1 aromatic rings. The maximum atomic E-state index is 11.5. The van der Waals surface area contributed by atoms with Crippen LogP contribution in [0, 0.1) is 5.92 Å². The van der Waals surface area contributed by atoms with Crippen molar-refractivity contribution in [1.82, 2.24) is 4.90 Å². The fourth-order valence-electron chi connectivity index (χ4n) is 3.80. The standard InChI is InChI=1S/C17H23NO3/c1-2-9-18(16-11-21-10-14(16)17(19)20)15-8-7-12-5-3-4-6-13(12)15/h3-6,14-16H,2,7-11H2,1H3,(H,19,20). The van der Waals surface area contributed by atoms with Gasteiger partial charge in [0, 0.05) is 12.1 Å². The molecule has 4 nitrogen and oxygen atoms in total. The summed E-state index contributed by atoms with van der Waals surface area (Å²) in [5, 5.41) is 9.43. The molecule has 0 spiro atoms. The molecule has 1 saturated heterocycles. The second kappa shape index (κ2) is 6.16. The number of carboxylic acid groups (broad SMARTS) is 1. The lowest BCUT2D eigenvalue weighted by Crippen LogP contribution is -2.45. The highest BCUT2D eigenvalue weighted by atomic mass is 16.5. The Morgan fingerprint density at radius 3 is 2.95 bits per heavy atom. The summed E-state index contributed by atoms with van der Waals surface area (Å²) in [6.45, 7) is 3.96. The zero-order valence-corrected chi connectivity index (χ0v) is 12.5. The number of fused-ring (bicyclic) bond motifs is 1. The Labute approximate surface area is 125 Å². The summed E-state index contributed by atoms with van der Waals surface area (Å²) in [5.41, 5.74) is 2.79. The molecule has 1 heterocycles. The molecular weight excluding hydrogens is 266 g/mol. The molecule has 1 aromatic carbocycles. The molecule has 0 radical (unpaired) electrons. The third-order valence-corrected chi connectivity index (χ3v) is 4.78. The molecule has 0 bridgehead atoms. The largest absolute Gasteiger partial charge is 0.481 e. The van der Waals surface area contributed by atoms with Gasteiger partial charge in [-0.15, -0.1) is 0 Å². The number of aryl methyl sites for hydroxylation is 1. The van der Waals surface area contributed by atoms with E-state index in [0.29, 0.717) is 19.3 Å². The molecule has 0 aromatic heterocycles. The highest BCUT2D eigenvalue weighted by molar-refractivity contribution is 5.71. The molecule has 3 rings (SSSR count). The smallest absolute Gasteiger partial charge is 0.310 e. The zero-order chi connectivity index (χ0) is 14.8. The molecule has 0 amide bonds. The average molecular weight is 289 g/mol. The molecule has 3 atom stereocenters. The van der Waals surface area contributed by atoms with Crippen LogP contribution in [0.5, 0.6) is 0 Å². The third kappa shape index (κ3) is 2.70. The number of ether oxygens (including phenoxy) is 1. The van der Waals surface area contributed by atoms with Gasteiger partial charge in [0.1, 0.15) is 0 Å². The van der Waals surface area contributed by atoms with Crippen LogP contribution in [0.15, 0.2) is 24.3 Å². The number of carbonyl (C=O) groups is 1. The maximum absolute atomic E-state index is 11.5. The first-order chi connectivity index (χ1) is 10.2. The quantitative estimate of drug-likeness (QED) is 0.905. The van der Waals surface area contributed by atoms with E-state index in [4.69, 9.17) is 4.74 Å². The summed E-state index contributed by atoms with van der Waals surface area (Å²) < 4.78 is 5.48. The van der Waals surface area contributed by atoms with Crippen LogP contribution in [-0.2, 0) is 16.0 Å². The van der Waals surface area contributed by atoms with Crippen molar-refractivity contribution >= 4 is 5.97 Å². The number of hydrogen-bond donors (Lipinski definition) is 1. The van der Waals surface area contributed by atoms with Crippen molar-refractivity contribution in [2.24, 2.45) is 5.92 Å². The number of benzene rings is 1. The first kappa shape index (κ1) is 14.5. The zero-order valence-electron chi connectivity index (χ0n) is 12.5. The van der Waals surface area contributed by atoms with E-state index in [2.05, 4.69) is 36.1 Å². The summed E-state index contributed by atoms with van der Waals surface area (Å²) in [6, 6.07) is 8.90. The number of rotatable bonds is 5. The SMILES string of the molecule is CCCN(C1CCc2ccccc21)C1COCC1C(=O)O. The van der Waals surface area contributed by atoms with Gasteiger partial charge in [0.25, 0.3) is 0 Å². The van der Waals surface area contributed by atoms with Gasteiger partial charge in [-0.3, -0.25) is 9.69 Å². The summed E-state index contributed by atoms with van der Waals surface area (Å²) in [7, 11) is 0. The van der Waals surface area contributed by atoms with Crippen LogP contribution >= 0.6 is 0 Å². The van der Waals surface area contributed by atoms with E-state index in [1.165, 1.54) is 11.1 Å². The van der Waals surface area contributed by atoms with Gasteiger partial charge in [-0.1, -0.05) is 31.2 Å². The van der Waals surface area contributed by atoms with Crippen molar-refractivity contribution in [2.45, 2.75) is 38.3 Å². The lowest BCUT2D eigenvalue weighted by Gasteiger charge is -2.35. The van der Waals surface area contributed by atoms with E-state index < -0.39 is 11.9 Å². The molecule has 0 saturated carbocycles. The van der Waals surface area contributed by atoms with Crippen LogP contribution in [0.2, 0.25) is 0 Å². The van der Waals surface area contributed by atoms with E-state index in [-0.39, 0.29) is 6.04 Å². The second-order valence-electron chi connectivity index (χ2n) is 6.04. The maximum Gasteiger partial charge on any atom is 0.310 e. The van der Waals surface area contributed by atoms with Crippen LogP contribution in [0.3, 0.4) is 0 Å². The number of nitrogens with zero attached hydrogens (tertiary/aromatic N) is 1. The van der Waals surface area contributed by atoms with Crippen LogP contribution in [0.25, 0.3) is 0 Å². The predicted molar refractivity (Wildman–Crippen MR) is 80.2 cm³/mol. The highest BCUT2D eigenvalue weighted by Gasteiger charge is 2.41. The van der Waals surface area contributed by atoms with E-state index in [1.807, 2.05) is 0 Å². The number of carboxylic acids is 1. The molecule has 3 unspecified atom stereocenters. The Bertz CT molecular complexity index is 517. The van der Waals surface area contributed by atoms with Gasteiger partial charge >= 0.3 is 5.97 Å². The van der Waals surface area contributed by atoms with Gasteiger partial charge in [-0.2, -0.15) is 0 Å². The summed E-state index contributed by atoms with van der Waals surface area (Å²) in [4.78, 5) is 13.9. The Morgan fingerprint density at radius 2 is 2.19 bits per heavy atom. The van der Waals surface area contributed by atoms with Crippen molar-refractivity contribution in [2.75, 3.05) is 19.8 Å². The Kier molecular flexibility index (Phi) is 4.27. The molecule has 1 aliphatic carbocycles. The fraction of sp³-hybridized carbons (Fsp3) is 0.588. The van der Waals surface area contributed by atoms with Gasteiger partial charge in [0.05, 0.1) is 19.1 Å². The Hall–Kier alpha value is -1.39. The molecule has 1 aliphatic heterocycles. The number of aliphatic carboxylic acids is 1. The fourth-order valence-corrected chi connectivity index (χ4v) is 3.80. The molecule has 2 aliphatic rings. The minimum atomic E-state index is -0.732. The molecule has 1 fully saturated rings. The summed E-state index contributed by atoms with van der Waals surface area (Å²) >= 11 is 0. The minimum Gasteiger partial charge on any atom is -0.481 e. The normalized spacial score (nSPS) is 28.0. The van der Waals surface area contributed by atoms with Crippen LogP contribution < -0.4 is 0 Å². The lowest BCUT2D eigenvalue weighted by atomic mass is 9.98. The predicted octanol–water partition coefficient (Wildman–Crippen LogP) is 2.49. The molecule has 4 heteroatoms. The first-order valence-electron chi connectivity index (χ1n) is 7.86. The molecule has 114 valence electrons. The first-order valence-corrected chi connectivity index (χ1v) is 7.86. The lowest BCUT2D eigenvalue weighted by molar-refractivity contribution is -0.143. The molecule has 1 N–H and O–H groups in total. The average Bonchev–Trinajstić information content (AvgIpc) is 3.12. The minimum absolute atomic E-state index is 0.00129. The third-order valence-electron chi connectivity index (χ3n) is 4.78. The van der Waals surface area contributed by atoms with Crippen molar-refractivity contribution in [3.05, 3.63) is 35.4 Å². The van der Waals surface area contributed by atoms with Crippen molar-refractivity contribution < 1.29 is 14.6 Å². The molecule has 21 heavy (non-hydrogen) atoms. The van der Waals surface area contributed by atoms with Crippen molar-refractivity contribution in [1.29, 1.82) is 0 Å². The topological polar surface area (TPSA) is 49.8 Å². The van der Waals surface area contributed by atoms with Gasteiger partial charge in [-0.05, 0) is 36.9 Å². The number of hydrogen-bond acceptors (Lipinski definition) is 3. The van der Waals surface area contributed by atoms with Gasteiger partial charge in [0.15, 0.2) is 0 Å². The Morgan fingerprint density at radius 1 is 1.38 bits per heavy atom. The Balaban J connectivity index is 1.87. The van der Waals surface area contributed by atoms with E-state index in [0.717, 1.165) is 25.8 Å².